The molecule has 7 nitrogen and oxygen atoms in total. The molecule has 1 aromatic heterocycles. The van der Waals surface area contributed by atoms with Crippen molar-refractivity contribution in [2.45, 2.75) is 63.8 Å². The Hall–Kier alpha value is -0.840. The van der Waals surface area contributed by atoms with Gasteiger partial charge in [0.1, 0.15) is 0 Å². The summed E-state index contributed by atoms with van der Waals surface area (Å²) in [6, 6.07) is 0.737. The molecule has 0 spiro atoms. The lowest BCUT2D eigenvalue weighted by Crippen LogP contribution is -2.39. The van der Waals surface area contributed by atoms with Crippen molar-refractivity contribution in [1.82, 2.24) is 14.7 Å². The van der Waals surface area contributed by atoms with E-state index >= 15 is 0 Å². The average molecular weight is 403 g/mol. The largest absolute Gasteiger partial charge is 0.284 e. The second kappa shape index (κ2) is 6.40. The zero-order chi connectivity index (χ0) is 17.8. The smallest absolute Gasteiger partial charge is 0.225 e. The Morgan fingerprint density at radius 1 is 1.24 bits per heavy atom. The van der Waals surface area contributed by atoms with Crippen LogP contribution in [0.4, 0.5) is 5.13 Å². The Morgan fingerprint density at radius 3 is 2.44 bits per heavy atom. The van der Waals surface area contributed by atoms with Crippen molar-refractivity contribution in [1.29, 1.82) is 0 Å². The van der Waals surface area contributed by atoms with Gasteiger partial charge in [-0.3, -0.25) is 14.6 Å². The number of carbonyl (C=O) groups is 1. The molecule has 0 aromatic carbocycles. The first kappa shape index (κ1) is 17.6. The van der Waals surface area contributed by atoms with E-state index in [0.717, 1.165) is 25.7 Å². The third kappa shape index (κ3) is 3.81. The van der Waals surface area contributed by atoms with E-state index in [1.807, 2.05) is 0 Å². The Morgan fingerprint density at radius 2 is 1.92 bits per heavy atom. The highest BCUT2D eigenvalue weighted by Gasteiger charge is 2.40. The van der Waals surface area contributed by atoms with Gasteiger partial charge in [0, 0.05) is 25.0 Å². The van der Waals surface area contributed by atoms with E-state index in [9.17, 15) is 13.2 Å². The fourth-order valence-electron chi connectivity index (χ4n) is 3.49. The number of nitrogens with zero attached hydrogens (tertiary/aromatic N) is 4. The molecule has 2 saturated carbocycles. The SMILES string of the molecule is CC(=O)N(c1nn(CN(C2CC2)C2CCS(=O)(=O)C2)c(=S)s1)C1CC1. The molecule has 1 atom stereocenters. The number of anilines is 1. The molecule has 0 bridgehead atoms. The molecule has 1 aliphatic heterocycles. The van der Waals surface area contributed by atoms with Gasteiger partial charge in [-0.15, -0.1) is 5.10 Å². The Balaban J connectivity index is 1.55. The van der Waals surface area contributed by atoms with Gasteiger partial charge in [-0.1, -0.05) is 11.3 Å². The summed E-state index contributed by atoms with van der Waals surface area (Å²) in [5.41, 5.74) is 0. The summed E-state index contributed by atoms with van der Waals surface area (Å²) < 4.78 is 26.1. The fourth-order valence-corrected chi connectivity index (χ4v) is 6.43. The number of sulfone groups is 1. The maximum atomic E-state index is 11.9. The van der Waals surface area contributed by atoms with E-state index in [4.69, 9.17) is 12.2 Å². The van der Waals surface area contributed by atoms with E-state index in [1.165, 1.54) is 11.3 Å². The number of carbonyl (C=O) groups excluding carboxylic acids is 1. The van der Waals surface area contributed by atoms with Gasteiger partial charge in [-0.05, 0) is 44.3 Å². The van der Waals surface area contributed by atoms with Gasteiger partial charge >= 0.3 is 0 Å². The summed E-state index contributed by atoms with van der Waals surface area (Å²) in [4.78, 5) is 15.9. The van der Waals surface area contributed by atoms with Crippen molar-refractivity contribution in [2.24, 2.45) is 0 Å². The summed E-state index contributed by atoms with van der Waals surface area (Å²) in [6.45, 7) is 2.07. The third-order valence-electron chi connectivity index (χ3n) is 5.04. The summed E-state index contributed by atoms with van der Waals surface area (Å²) in [5.74, 6) is 0.503. The van der Waals surface area contributed by atoms with Crippen LogP contribution in [-0.2, 0) is 21.3 Å². The number of hydrogen-bond donors (Lipinski definition) is 0. The highest BCUT2D eigenvalue weighted by Crippen LogP contribution is 2.35. The molecule has 1 amide bonds. The molecular weight excluding hydrogens is 380 g/mol. The minimum Gasteiger partial charge on any atom is -0.284 e. The van der Waals surface area contributed by atoms with Crippen molar-refractivity contribution in [3.63, 3.8) is 0 Å². The van der Waals surface area contributed by atoms with Crippen LogP contribution in [0, 0.1) is 3.95 Å². The second-order valence-electron chi connectivity index (χ2n) is 7.21. The van der Waals surface area contributed by atoms with E-state index in [0.29, 0.717) is 28.2 Å². The number of rotatable bonds is 6. The Labute approximate surface area is 156 Å². The van der Waals surface area contributed by atoms with Crippen LogP contribution in [0.1, 0.15) is 39.0 Å². The second-order valence-corrected chi connectivity index (χ2v) is 11.0. The first-order valence-electron chi connectivity index (χ1n) is 8.68. The molecule has 1 saturated heterocycles. The van der Waals surface area contributed by atoms with Gasteiger partial charge in [0.25, 0.3) is 0 Å². The lowest BCUT2D eigenvalue weighted by molar-refractivity contribution is -0.116. The number of aromatic nitrogens is 2. The Kier molecular flexibility index (Phi) is 4.50. The van der Waals surface area contributed by atoms with Crippen molar-refractivity contribution in [2.75, 3.05) is 16.4 Å². The first-order chi connectivity index (χ1) is 11.8. The maximum absolute atomic E-state index is 11.9. The van der Waals surface area contributed by atoms with Crippen molar-refractivity contribution in [3.05, 3.63) is 3.95 Å². The van der Waals surface area contributed by atoms with Crippen LogP contribution in [0.2, 0.25) is 0 Å². The summed E-state index contributed by atoms with van der Waals surface area (Å²) >= 11 is 6.83. The highest BCUT2D eigenvalue weighted by atomic mass is 32.2. The molecule has 1 aromatic rings. The first-order valence-corrected chi connectivity index (χ1v) is 11.7. The molecule has 3 fully saturated rings. The van der Waals surface area contributed by atoms with Gasteiger partial charge in [0.2, 0.25) is 11.0 Å². The van der Waals surface area contributed by atoms with Crippen LogP contribution in [0.25, 0.3) is 0 Å². The lowest BCUT2D eigenvalue weighted by atomic mass is 10.2. The monoisotopic (exact) mass is 402 g/mol. The third-order valence-corrected chi connectivity index (χ3v) is 8.10. The predicted octanol–water partition coefficient (Wildman–Crippen LogP) is 1.80. The summed E-state index contributed by atoms with van der Waals surface area (Å²) in [7, 11) is -2.92. The number of hydrogen-bond acceptors (Lipinski definition) is 7. The molecule has 4 rings (SSSR count). The summed E-state index contributed by atoms with van der Waals surface area (Å²) in [5, 5.41) is 5.26. The number of amides is 1. The van der Waals surface area contributed by atoms with Gasteiger partial charge < -0.3 is 0 Å². The minimum absolute atomic E-state index is 0.000615. The molecule has 1 unspecified atom stereocenters. The molecule has 25 heavy (non-hydrogen) atoms. The molecular formula is C15H22N4O3S3. The topological polar surface area (TPSA) is 75.5 Å². The van der Waals surface area contributed by atoms with Crippen molar-refractivity contribution < 1.29 is 13.2 Å². The lowest BCUT2D eigenvalue weighted by Gasteiger charge is -2.27. The normalized spacial score (nSPS) is 25.4. The van der Waals surface area contributed by atoms with Gasteiger partial charge in [-0.2, -0.15) is 0 Å². The maximum Gasteiger partial charge on any atom is 0.225 e. The van der Waals surface area contributed by atoms with Gasteiger partial charge in [0.15, 0.2) is 13.8 Å². The predicted molar refractivity (Wildman–Crippen MR) is 99.0 cm³/mol. The van der Waals surface area contributed by atoms with Crippen LogP contribution in [0.15, 0.2) is 0 Å². The fraction of sp³-hybridized carbons (Fsp3) is 0.800. The van der Waals surface area contributed by atoms with Gasteiger partial charge in [0.05, 0.1) is 18.2 Å². The van der Waals surface area contributed by atoms with Crippen molar-refractivity contribution >= 4 is 44.4 Å². The minimum atomic E-state index is -2.92. The molecule has 0 radical (unpaired) electrons. The average Bonchev–Trinajstić information content (AvgIpc) is 3.42. The molecule has 0 N–H and O–H groups in total. The van der Waals surface area contributed by atoms with Gasteiger partial charge in [-0.25, -0.2) is 13.1 Å². The van der Waals surface area contributed by atoms with Crippen LogP contribution in [0.3, 0.4) is 0 Å². The molecule has 138 valence electrons. The quantitative estimate of drug-likeness (QED) is 0.676. The van der Waals surface area contributed by atoms with Crippen LogP contribution in [-0.4, -0.2) is 58.6 Å². The molecule has 2 aliphatic carbocycles. The highest BCUT2D eigenvalue weighted by molar-refractivity contribution is 7.91. The van der Waals surface area contributed by atoms with Crippen LogP contribution < -0.4 is 4.90 Å². The molecule has 10 heteroatoms. The zero-order valence-corrected chi connectivity index (χ0v) is 16.6. The van der Waals surface area contributed by atoms with E-state index in [2.05, 4.69) is 10.00 Å². The van der Waals surface area contributed by atoms with E-state index in [-0.39, 0.29) is 29.5 Å². The standard InChI is InChI=1S/C15H22N4O3S3/c1-10(20)19(12-4-5-12)14-16-18(15(23)24-14)9-17(11-2-3-11)13-6-7-25(21,22)8-13/h11-13H,2-9H2,1H3. The Bertz CT molecular complexity index is 838. The van der Waals surface area contributed by atoms with E-state index in [1.54, 1.807) is 16.5 Å². The van der Waals surface area contributed by atoms with Crippen LogP contribution >= 0.6 is 23.6 Å². The molecule has 3 aliphatic rings. The van der Waals surface area contributed by atoms with E-state index < -0.39 is 9.84 Å². The molecule has 2 heterocycles. The zero-order valence-electron chi connectivity index (χ0n) is 14.1. The summed E-state index contributed by atoms with van der Waals surface area (Å²) in [6.07, 6.45) is 4.91. The van der Waals surface area contributed by atoms with Crippen LogP contribution in [0.5, 0.6) is 0 Å². The van der Waals surface area contributed by atoms with Crippen molar-refractivity contribution in [3.8, 4) is 0 Å².